The third-order valence-corrected chi connectivity index (χ3v) is 7.00. The first-order valence-electron chi connectivity index (χ1n) is 11.9. The van der Waals surface area contributed by atoms with Gasteiger partial charge in [-0.3, -0.25) is 9.67 Å². The minimum atomic E-state index is -0.736. The summed E-state index contributed by atoms with van der Waals surface area (Å²) in [6.07, 6.45) is 10.2. The van der Waals surface area contributed by atoms with Crippen LogP contribution in [0.2, 0.25) is 0 Å². The van der Waals surface area contributed by atoms with Crippen LogP contribution in [-0.4, -0.2) is 58.5 Å². The number of allylic oxidation sites excluding steroid dienone is 2. The van der Waals surface area contributed by atoms with Gasteiger partial charge in [0.05, 0.1) is 49.7 Å². The van der Waals surface area contributed by atoms with Crippen LogP contribution in [0.1, 0.15) is 42.8 Å². The van der Waals surface area contributed by atoms with Gasteiger partial charge in [-0.25, -0.2) is 13.8 Å². The molecule has 0 unspecified atom stereocenters. The molecule has 9 heteroatoms. The Bertz CT molecular complexity index is 1240. The van der Waals surface area contributed by atoms with Gasteiger partial charge in [-0.1, -0.05) is 13.0 Å². The van der Waals surface area contributed by atoms with Crippen LogP contribution in [0.3, 0.4) is 0 Å². The predicted octanol–water partition coefficient (Wildman–Crippen LogP) is 4.47. The third-order valence-electron chi connectivity index (χ3n) is 7.00. The molecule has 2 aliphatic rings. The maximum atomic E-state index is 15.0. The zero-order valence-corrected chi connectivity index (χ0v) is 20.2. The van der Waals surface area contributed by atoms with Crippen LogP contribution in [-0.2, 0) is 12.8 Å². The van der Waals surface area contributed by atoms with Crippen molar-refractivity contribution in [2.24, 2.45) is 0 Å². The van der Waals surface area contributed by atoms with Gasteiger partial charge < -0.3 is 14.4 Å². The van der Waals surface area contributed by atoms with Gasteiger partial charge in [0.2, 0.25) is 0 Å². The highest BCUT2D eigenvalue weighted by molar-refractivity contribution is 5.73. The van der Waals surface area contributed by atoms with Gasteiger partial charge in [0.15, 0.2) is 23.1 Å². The molecule has 7 nitrogen and oxygen atoms in total. The van der Waals surface area contributed by atoms with E-state index in [0.29, 0.717) is 23.9 Å². The van der Waals surface area contributed by atoms with Crippen molar-refractivity contribution in [2.75, 3.05) is 33.9 Å². The summed E-state index contributed by atoms with van der Waals surface area (Å²) in [6, 6.07) is 1.59. The average Bonchev–Trinajstić information content (AvgIpc) is 3.54. The number of likely N-dealkylation sites (tertiary alicyclic amines) is 1. The molecule has 2 aromatic heterocycles. The molecule has 1 aliphatic heterocycles. The van der Waals surface area contributed by atoms with E-state index < -0.39 is 11.6 Å². The van der Waals surface area contributed by atoms with E-state index in [9.17, 15) is 8.78 Å². The van der Waals surface area contributed by atoms with E-state index in [1.807, 2.05) is 23.2 Å². The molecule has 0 radical (unpaired) electrons. The van der Waals surface area contributed by atoms with E-state index in [0.717, 1.165) is 49.3 Å². The number of ether oxygens (including phenoxy) is 2. The predicted molar refractivity (Wildman–Crippen MR) is 128 cm³/mol. The van der Waals surface area contributed by atoms with Crippen LogP contribution in [0.15, 0.2) is 30.7 Å². The highest BCUT2D eigenvalue weighted by Gasteiger charge is 2.26. The normalized spacial score (nSPS) is 16.3. The minimum Gasteiger partial charge on any atom is -0.494 e. The number of fused-ring (bicyclic) bond motifs is 1. The van der Waals surface area contributed by atoms with Gasteiger partial charge in [0.25, 0.3) is 0 Å². The number of hydrogen-bond acceptors (Lipinski definition) is 6. The number of piperidine rings is 1. The van der Waals surface area contributed by atoms with Gasteiger partial charge in [-0.2, -0.15) is 5.10 Å². The Balaban J connectivity index is 1.40. The smallest absolute Gasteiger partial charge is 0.171 e. The van der Waals surface area contributed by atoms with Crippen LogP contribution in [0.5, 0.6) is 11.5 Å². The van der Waals surface area contributed by atoms with Gasteiger partial charge in [0.1, 0.15) is 0 Å². The van der Waals surface area contributed by atoms with E-state index >= 15 is 0 Å². The lowest BCUT2D eigenvalue weighted by molar-refractivity contribution is 0.187. The standard InChI is InChI=1S/C26H29F2N5O2/c1-4-32-9-7-18(8-10-32)33-15-17(13-30-33)21-14-29-20-6-5-16(26(20)31-21)11-19-24(27)22(34-2)12-23(35-3)25(19)28/h5,12-15,18H,4,6-11H2,1-3H3. The monoisotopic (exact) mass is 481 g/mol. The molecule has 3 heterocycles. The fourth-order valence-electron chi connectivity index (χ4n) is 4.88. The fraction of sp³-hybridized carbons (Fsp3) is 0.423. The summed E-state index contributed by atoms with van der Waals surface area (Å²) in [5.41, 5.74) is 3.63. The first-order chi connectivity index (χ1) is 17.0. The van der Waals surface area contributed by atoms with Gasteiger partial charge in [-0.15, -0.1) is 0 Å². The van der Waals surface area contributed by atoms with Crippen LogP contribution in [0.4, 0.5) is 8.78 Å². The van der Waals surface area contributed by atoms with Crippen molar-refractivity contribution in [1.82, 2.24) is 24.6 Å². The Morgan fingerprint density at radius 3 is 2.43 bits per heavy atom. The minimum absolute atomic E-state index is 0.0195. The van der Waals surface area contributed by atoms with Gasteiger partial charge in [0, 0.05) is 49.3 Å². The second kappa shape index (κ2) is 9.73. The first kappa shape index (κ1) is 23.4. The lowest BCUT2D eigenvalue weighted by Crippen LogP contribution is -2.34. The van der Waals surface area contributed by atoms with E-state index in [1.165, 1.54) is 20.3 Å². The van der Waals surface area contributed by atoms with Crippen molar-refractivity contribution in [2.45, 2.75) is 38.6 Å². The lowest BCUT2D eigenvalue weighted by Gasteiger charge is -2.31. The largest absolute Gasteiger partial charge is 0.494 e. The Kier molecular flexibility index (Phi) is 6.51. The van der Waals surface area contributed by atoms with Crippen molar-refractivity contribution >= 4 is 5.57 Å². The molecule has 0 amide bonds. The molecule has 0 N–H and O–H groups in total. The van der Waals surface area contributed by atoms with Gasteiger partial charge in [-0.05, 0) is 25.0 Å². The van der Waals surface area contributed by atoms with Crippen molar-refractivity contribution in [3.63, 3.8) is 0 Å². The molecule has 0 bridgehead atoms. The third kappa shape index (κ3) is 4.40. The number of nitrogens with zero attached hydrogens (tertiary/aromatic N) is 5. The number of aromatic nitrogens is 4. The quantitative estimate of drug-likeness (QED) is 0.496. The molecular formula is C26H29F2N5O2. The van der Waals surface area contributed by atoms with Crippen LogP contribution in [0.25, 0.3) is 16.8 Å². The SMILES string of the molecule is CCN1CCC(n2cc(-c3cnc4c(n3)C(Cc3c(F)c(OC)cc(OC)c3F)=CC4)cn2)CC1. The molecule has 35 heavy (non-hydrogen) atoms. The van der Waals surface area contributed by atoms with Crippen LogP contribution in [0, 0.1) is 11.6 Å². The number of hydrogen-bond donors (Lipinski definition) is 0. The molecule has 0 atom stereocenters. The molecule has 1 aliphatic carbocycles. The Morgan fingerprint density at radius 1 is 1.06 bits per heavy atom. The van der Waals surface area contributed by atoms with E-state index in [-0.39, 0.29) is 23.5 Å². The Morgan fingerprint density at radius 2 is 1.77 bits per heavy atom. The number of halogens is 2. The summed E-state index contributed by atoms with van der Waals surface area (Å²) in [5.74, 6) is -1.59. The van der Waals surface area contributed by atoms with E-state index in [1.54, 1.807) is 6.20 Å². The molecule has 184 valence electrons. The Labute approximate surface area is 203 Å². The molecule has 3 aromatic rings. The number of benzene rings is 1. The molecule has 1 fully saturated rings. The maximum Gasteiger partial charge on any atom is 0.171 e. The number of rotatable bonds is 7. The highest BCUT2D eigenvalue weighted by Crippen LogP contribution is 2.36. The average molecular weight is 482 g/mol. The molecule has 1 saturated heterocycles. The number of methoxy groups -OCH3 is 2. The molecule has 0 spiro atoms. The zero-order valence-electron chi connectivity index (χ0n) is 20.2. The molecule has 1 aromatic carbocycles. The van der Waals surface area contributed by atoms with E-state index in [2.05, 4.69) is 21.9 Å². The second-order valence-electron chi connectivity index (χ2n) is 8.92. The lowest BCUT2D eigenvalue weighted by atomic mass is 10.0. The summed E-state index contributed by atoms with van der Waals surface area (Å²) in [4.78, 5) is 11.9. The summed E-state index contributed by atoms with van der Waals surface area (Å²) >= 11 is 0. The summed E-state index contributed by atoms with van der Waals surface area (Å²) in [6.45, 7) is 5.42. The van der Waals surface area contributed by atoms with Crippen molar-refractivity contribution in [1.29, 1.82) is 0 Å². The summed E-state index contributed by atoms with van der Waals surface area (Å²) < 4.78 is 42.1. The highest BCUT2D eigenvalue weighted by atomic mass is 19.1. The van der Waals surface area contributed by atoms with Crippen molar-refractivity contribution in [3.8, 4) is 22.8 Å². The summed E-state index contributed by atoms with van der Waals surface area (Å²) in [7, 11) is 2.68. The van der Waals surface area contributed by atoms with Crippen LogP contribution < -0.4 is 9.47 Å². The van der Waals surface area contributed by atoms with Crippen molar-refractivity contribution in [3.05, 3.63) is 59.3 Å². The molecule has 0 saturated carbocycles. The van der Waals surface area contributed by atoms with Crippen molar-refractivity contribution < 1.29 is 18.3 Å². The van der Waals surface area contributed by atoms with E-state index in [4.69, 9.17) is 14.5 Å². The Hall–Kier alpha value is -3.33. The first-order valence-corrected chi connectivity index (χ1v) is 11.9. The molecular weight excluding hydrogens is 452 g/mol. The fourth-order valence-corrected chi connectivity index (χ4v) is 4.88. The topological polar surface area (TPSA) is 65.3 Å². The van der Waals surface area contributed by atoms with Crippen LogP contribution >= 0.6 is 0 Å². The molecule has 5 rings (SSSR count). The zero-order chi connectivity index (χ0) is 24.5. The second-order valence-corrected chi connectivity index (χ2v) is 8.92. The maximum absolute atomic E-state index is 15.0. The summed E-state index contributed by atoms with van der Waals surface area (Å²) in [5, 5.41) is 4.60. The van der Waals surface area contributed by atoms with Gasteiger partial charge >= 0.3 is 0 Å².